The molecule has 0 aliphatic heterocycles. The zero-order valence-corrected chi connectivity index (χ0v) is 16.2. The van der Waals surface area contributed by atoms with Gasteiger partial charge in [0.05, 0.1) is 7.11 Å². The van der Waals surface area contributed by atoms with Crippen LogP contribution in [0.4, 0.5) is 5.69 Å². The Balaban J connectivity index is 1.83. The van der Waals surface area contributed by atoms with E-state index in [1.807, 2.05) is 54.1 Å². The van der Waals surface area contributed by atoms with Crippen molar-refractivity contribution in [3.05, 3.63) is 82.6 Å². The molecule has 140 valence electrons. The van der Waals surface area contributed by atoms with Crippen molar-refractivity contribution < 1.29 is 9.53 Å². The maximum absolute atomic E-state index is 12.4. The van der Waals surface area contributed by atoms with Crippen LogP contribution in [-0.4, -0.2) is 17.6 Å². The SMILES string of the molecule is COc1ccc(-n2cc(/C=C(\C#N)C(=O)Nc3ccc(Cl)cc3)cc2C)cc1. The number of amides is 1. The van der Waals surface area contributed by atoms with Crippen LogP contribution in [0.3, 0.4) is 0 Å². The summed E-state index contributed by atoms with van der Waals surface area (Å²) in [5, 5.41) is 12.7. The maximum Gasteiger partial charge on any atom is 0.266 e. The number of ether oxygens (including phenoxy) is 1. The minimum atomic E-state index is -0.473. The van der Waals surface area contributed by atoms with Crippen molar-refractivity contribution in [2.45, 2.75) is 6.92 Å². The molecular formula is C22H18ClN3O2. The standard InChI is InChI=1S/C22H18ClN3O2/c1-15-11-16(14-26(15)20-7-9-21(28-2)10-8-20)12-17(13-24)22(27)25-19-5-3-18(23)4-6-19/h3-12,14H,1-2H3,(H,25,27)/b17-12+. The predicted molar refractivity (Wildman–Crippen MR) is 111 cm³/mol. The van der Waals surface area contributed by atoms with Gasteiger partial charge in [0.2, 0.25) is 0 Å². The van der Waals surface area contributed by atoms with Crippen molar-refractivity contribution in [2.24, 2.45) is 0 Å². The second-order valence-corrected chi connectivity index (χ2v) is 6.55. The first-order valence-electron chi connectivity index (χ1n) is 8.52. The second kappa shape index (κ2) is 8.47. The van der Waals surface area contributed by atoms with Gasteiger partial charge in [-0.2, -0.15) is 5.26 Å². The van der Waals surface area contributed by atoms with Crippen molar-refractivity contribution in [3.8, 4) is 17.5 Å². The Labute approximate surface area is 168 Å². The molecule has 3 aromatic rings. The molecule has 0 saturated heterocycles. The van der Waals surface area contributed by atoms with Gasteiger partial charge >= 0.3 is 0 Å². The molecule has 0 saturated carbocycles. The number of methoxy groups -OCH3 is 1. The van der Waals surface area contributed by atoms with E-state index in [1.54, 1.807) is 37.5 Å². The number of benzene rings is 2. The lowest BCUT2D eigenvalue weighted by Gasteiger charge is -2.07. The highest BCUT2D eigenvalue weighted by molar-refractivity contribution is 6.30. The second-order valence-electron chi connectivity index (χ2n) is 6.11. The van der Waals surface area contributed by atoms with E-state index in [4.69, 9.17) is 16.3 Å². The van der Waals surface area contributed by atoms with E-state index < -0.39 is 5.91 Å². The number of nitriles is 1. The molecule has 3 rings (SSSR count). The molecule has 0 radical (unpaired) electrons. The fraction of sp³-hybridized carbons (Fsp3) is 0.0909. The van der Waals surface area contributed by atoms with E-state index in [9.17, 15) is 10.1 Å². The van der Waals surface area contributed by atoms with Crippen LogP contribution in [0, 0.1) is 18.3 Å². The summed E-state index contributed by atoms with van der Waals surface area (Å²) in [6, 6.07) is 18.2. The maximum atomic E-state index is 12.4. The van der Waals surface area contributed by atoms with Crippen LogP contribution in [0.1, 0.15) is 11.3 Å². The lowest BCUT2D eigenvalue weighted by Crippen LogP contribution is -2.13. The molecule has 1 heterocycles. The summed E-state index contributed by atoms with van der Waals surface area (Å²) in [6.07, 6.45) is 3.45. The number of nitrogens with one attached hydrogen (secondary N) is 1. The molecule has 1 amide bonds. The summed E-state index contributed by atoms with van der Waals surface area (Å²) >= 11 is 5.84. The number of halogens is 1. The van der Waals surface area contributed by atoms with Gasteiger partial charge in [-0.15, -0.1) is 0 Å². The van der Waals surface area contributed by atoms with E-state index in [0.29, 0.717) is 10.7 Å². The first-order valence-corrected chi connectivity index (χ1v) is 8.90. The number of hydrogen-bond donors (Lipinski definition) is 1. The molecule has 0 fully saturated rings. The number of hydrogen-bond acceptors (Lipinski definition) is 3. The quantitative estimate of drug-likeness (QED) is 0.492. The number of carbonyl (C=O) groups is 1. The Morgan fingerprint density at radius 3 is 2.46 bits per heavy atom. The highest BCUT2D eigenvalue weighted by Crippen LogP contribution is 2.21. The minimum absolute atomic E-state index is 0.0156. The fourth-order valence-electron chi connectivity index (χ4n) is 2.75. The molecule has 1 N–H and O–H groups in total. The Bertz CT molecular complexity index is 1060. The van der Waals surface area contributed by atoms with Crippen LogP contribution in [0.5, 0.6) is 5.75 Å². The van der Waals surface area contributed by atoms with Gasteiger partial charge < -0.3 is 14.6 Å². The average Bonchev–Trinajstić information content (AvgIpc) is 3.08. The molecule has 0 aliphatic carbocycles. The fourth-order valence-corrected chi connectivity index (χ4v) is 2.87. The predicted octanol–water partition coefficient (Wildman–Crippen LogP) is 4.99. The summed E-state index contributed by atoms with van der Waals surface area (Å²) in [5.74, 6) is 0.305. The molecule has 0 unspecified atom stereocenters. The Morgan fingerprint density at radius 1 is 1.18 bits per heavy atom. The summed E-state index contributed by atoms with van der Waals surface area (Å²) in [4.78, 5) is 12.4. The van der Waals surface area contributed by atoms with Crippen molar-refractivity contribution >= 4 is 29.3 Å². The van der Waals surface area contributed by atoms with E-state index in [2.05, 4.69) is 5.32 Å². The van der Waals surface area contributed by atoms with Crippen LogP contribution in [0.15, 0.2) is 66.4 Å². The van der Waals surface area contributed by atoms with Crippen LogP contribution < -0.4 is 10.1 Å². The first-order chi connectivity index (χ1) is 13.5. The van der Waals surface area contributed by atoms with Gasteiger partial charge in [-0.1, -0.05) is 11.6 Å². The highest BCUT2D eigenvalue weighted by atomic mass is 35.5. The van der Waals surface area contributed by atoms with E-state index in [1.165, 1.54) is 0 Å². The van der Waals surface area contributed by atoms with Gasteiger partial charge in [0, 0.05) is 28.3 Å². The van der Waals surface area contributed by atoms with E-state index >= 15 is 0 Å². The molecule has 0 spiro atoms. The van der Waals surface area contributed by atoms with Gasteiger partial charge in [0.25, 0.3) is 5.91 Å². The molecule has 6 heteroatoms. The Kier molecular flexibility index (Phi) is 5.83. The van der Waals surface area contributed by atoms with Crippen LogP contribution >= 0.6 is 11.6 Å². The summed E-state index contributed by atoms with van der Waals surface area (Å²) in [7, 11) is 1.62. The monoisotopic (exact) mass is 391 g/mol. The molecule has 2 aromatic carbocycles. The molecule has 28 heavy (non-hydrogen) atoms. The Morgan fingerprint density at radius 2 is 1.86 bits per heavy atom. The normalized spacial score (nSPS) is 11.0. The van der Waals surface area contributed by atoms with Crippen LogP contribution in [-0.2, 0) is 4.79 Å². The van der Waals surface area contributed by atoms with Crippen LogP contribution in [0.2, 0.25) is 5.02 Å². The molecule has 0 atom stereocenters. The van der Waals surface area contributed by atoms with E-state index in [0.717, 1.165) is 22.7 Å². The van der Waals surface area contributed by atoms with Crippen molar-refractivity contribution in [1.82, 2.24) is 4.57 Å². The van der Waals surface area contributed by atoms with Gasteiger partial charge in [-0.3, -0.25) is 4.79 Å². The van der Waals surface area contributed by atoms with E-state index in [-0.39, 0.29) is 5.57 Å². The third-order valence-electron chi connectivity index (χ3n) is 4.16. The summed E-state index contributed by atoms with van der Waals surface area (Å²) in [5.41, 5.74) is 3.29. The molecular weight excluding hydrogens is 374 g/mol. The number of rotatable bonds is 5. The van der Waals surface area contributed by atoms with Gasteiger partial charge in [0.1, 0.15) is 17.4 Å². The summed E-state index contributed by atoms with van der Waals surface area (Å²) in [6.45, 7) is 1.96. The third-order valence-corrected chi connectivity index (χ3v) is 4.41. The van der Waals surface area contributed by atoms with Crippen molar-refractivity contribution in [3.63, 3.8) is 0 Å². The molecule has 0 aliphatic rings. The van der Waals surface area contributed by atoms with Gasteiger partial charge in [-0.25, -0.2) is 0 Å². The zero-order valence-electron chi connectivity index (χ0n) is 15.4. The summed E-state index contributed by atoms with van der Waals surface area (Å²) < 4.78 is 7.17. The lowest BCUT2D eigenvalue weighted by molar-refractivity contribution is -0.112. The van der Waals surface area contributed by atoms with Crippen LogP contribution in [0.25, 0.3) is 11.8 Å². The first kappa shape index (κ1) is 19.3. The number of anilines is 1. The molecule has 5 nitrogen and oxygen atoms in total. The Hall–Kier alpha value is -3.49. The average molecular weight is 392 g/mol. The number of nitrogens with zero attached hydrogens (tertiary/aromatic N) is 2. The number of carbonyl (C=O) groups excluding carboxylic acids is 1. The third kappa shape index (κ3) is 4.43. The topological polar surface area (TPSA) is 67.0 Å². The van der Waals surface area contributed by atoms with Gasteiger partial charge in [-0.05, 0) is 73.2 Å². The molecule has 1 aromatic heterocycles. The highest BCUT2D eigenvalue weighted by Gasteiger charge is 2.11. The molecule has 0 bridgehead atoms. The number of aromatic nitrogens is 1. The minimum Gasteiger partial charge on any atom is -0.497 e. The van der Waals surface area contributed by atoms with Gasteiger partial charge in [0.15, 0.2) is 0 Å². The smallest absolute Gasteiger partial charge is 0.266 e. The van der Waals surface area contributed by atoms with Crippen molar-refractivity contribution in [1.29, 1.82) is 5.26 Å². The lowest BCUT2D eigenvalue weighted by atomic mass is 10.2. The largest absolute Gasteiger partial charge is 0.497 e. The number of aryl methyl sites for hydroxylation is 1. The van der Waals surface area contributed by atoms with Crippen molar-refractivity contribution in [2.75, 3.05) is 12.4 Å². The zero-order chi connectivity index (χ0) is 20.1.